The molecule has 9 nitrogen and oxygen atoms in total. The number of halogens is 1. The molecular formula is C25H28ClN5O4. The number of aromatic nitrogens is 2. The maximum absolute atomic E-state index is 12.7. The summed E-state index contributed by atoms with van der Waals surface area (Å²) in [6.45, 7) is 4.03. The summed E-state index contributed by atoms with van der Waals surface area (Å²) < 4.78 is 0. The fourth-order valence-electron chi connectivity index (χ4n) is 4.71. The zero-order chi connectivity index (χ0) is 25.5. The Bertz CT molecular complexity index is 1360. The topological polar surface area (TPSA) is 125 Å². The second-order valence-electron chi connectivity index (χ2n) is 9.53. The fourth-order valence-corrected chi connectivity index (χ4v) is 4.87. The molecule has 1 saturated carbocycles. The number of anilines is 3. The number of hydrogen-bond donors (Lipinski definition) is 3. The van der Waals surface area contributed by atoms with Gasteiger partial charge in [-0.2, -0.15) is 0 Å². The van der Waals surface area contributed by atoms with Crippen LogP contribution in [0.5, 0.6) is 5.75 Å². The Labute approximate surface area is 207 Å². The molecule has 1 aliphatic carbocycles. The summed E-state index contributed by atoms with van der Waals surface area (Å²) in [4.78, 5) is 47.3. The van der Waals surface area contributed by atoms with Crippen molar-refractivity contribution < 1.29 is 9.90 Å². The molecular weight excluding hydrogens is 470 g/mol. The lowest BCUT2D eigenvalue weighted by molar-refractivity contribution is 0.0819. The Kier molecular flexibility index (Phi) is 6.55. The Morgan fingerprint density at radius 1 is 1.11 bits per heavy atom. The van der Waals surface area contributed by atoms with Gasteiger partial charge in [0.1, 0.15) is 11.4 Å². The third kappa shape index (κ3) is 4.36. The lowest BCUT2D eigenvalue weighted by Gasteiger charge is -2.36. The molecule has 0 radical (unpaired) electrons. The minimum absolute atomic E-state index is 0.0195. The van der Waals surface area contributed by atoms with Gasteiger partial charge < -0.3 is 20.6 Å². The van der Waals surface area contributed by atoms with Crippen LogP contribution in [0.3, 0.4) is 0 Å². The van der Waals surface area contributed by atoms with Crippen LogP contribution in [0.1, 0.15) is 60.4 Å². The van der Waals surface area contributed by atoms with E-state index in [2.05, 4.69) is 27.5 Å². The Morgan fingerprint density at radius 3 is 2.40 bits per heavy atom. The zero-order valence-electron chi connectivity index (χ0n) is 20.1. The van der Waals surface area contributed by atoms with E-state index < -0.39 is 22.5 Å². The van der Waals surface area contributed by atoms with Gasteiger partial charge in [-0.1, -0.05) is 31.4 Å². The van der Waals surface area contributed by atoms with Gasteiger partial charge in [-0.25, -0.2) is 4.98 Å². The molecule has 35 heavy (non-hydrogen) atoms. The number of rotatable bonds is 7. The van der Waals surface area contributed by atoms with Crippen molar-refractivity contribution in [3.8, 4) is 5.75 Å². The predicted octanol–water partition coefficient (Wildman–Crippen LogP) is 3.92. The van der Waals surface area contributed by atoms with E-state index in [0.29, 0.717) is 5.02 Å². The van der Waals surface area contributed by atoms with Crippen LogP contribution in [0, 0.1) is 12.3 Å². The van der Waals surface area contributed by atoms with Crippen LogP contribution in [-0.2, 0) is 0 Å². The summed E-state index contributed by atoms with van der Waals surface area (Å²) >= 11 is 6.38. The van der Waals surface area contributed by atoms with Crippen LogP contribution < -0.4 is 21.5 Å². The molecule has 0 spiro atoms. The van der Waals surface area contributed by atoms with Gasteiger partial charge in [0.2, 0.25) is 0 Å². The Morgan fingerprint density at radius 2 is 1.74 bits per heavy atom. The maximum Gasteiger partial charge on any atom is 0.275 e. The molecule has 1 aliphatic rings. The van der Waals surface area contributed by atoms with E-state index in [9.17, 15) is 19.5 Å². The largest absolute Gasteiger partial charge is 0.504 e. The van der Waals surface area contributed by atoms with Gasteiger partial charge in [0.25, 0.3) is 16.8 Å². The number of aromatic hydroxyl groups is 1. The first-order valence-electron chi connectivity index (χ1n) is 11.4. The molecule has 0 aliphatic heterocycles. The molecule has 1 aromatic carbocycles. The van der Waals surface area contributed by atoms with Gasteiger partial charge >= 0.3 is 0 Å². The lowest BCUT2D eigenvalue weighted by atomic mass is 9.77. The number of pyridine rings is 2. The summed E-state index contributed by atoms with van der Waals surface area (Å²) in [6.07, 6.45) is 6.95. The van der Waals surface area contributed by atoms with Crippen molar-refractivity contribution in [3.63, 3.8) is 0 Å². The second-order valence-corrected chi connectivity index (χ2v) is 9.94. The number of hydrogen-bond acceptors (Lipinski definition) is 8. The number of nitrogens with one attached hydrogen (secondary N) is 2. The molecule has 1 fully saturated rings. The smallest absolute Gasteiger partial charge is 0.275 e. The van der Waals surface area contributed by atoms with Gasteiger partial charge in [0.15, 0.2) is 11.4 Å². The molecule has 1 atom stereocenters. The van der Waals surface area contributed by atoms with E-state index in [1.807, 2.05) is 6.92 Å². The van der Waals surface area contributed by atoms with Crippen LogP contribution in [-0.4, -0.2) is 40.0 Å². The van der Waals surface area contributed by atoms with Crippen molar-refractivity contribution in [2.24, 2.45) is 5.41 Å². The van der Waals surface area contributed by atoms with E-state index in [-0.39, 0.29) is 34.2 Å². The summed E-state index contributed by atoms with van der Waals surface area (Å²) in [5.74, 6) is -0.900. The van der Waals surface area contributed by atoms with Crippen LogP contribution in [0.4, 0.5) is 17.1 Å². The number of amides is 1. The average molecular weight is 498 g/mol. The lowest BCUT2D eigenvalue weighted by Crippen LogP contribution is -2.40. The summed E-state index contributed by atoms with van der Waals surface area (Å²) in [5.41, 5.74) is 0.0376. The van der Waals surface area contributed by atoms with Crippen molar-refractivity contribution in [3.05, 3.63) is 66.9 Å². The molecule has 1 amide bonds. The van der Waals surface area contributed by atoms with Crippen molar-refractivity contribution >= 4 is 34.6 Å². The number of carbonyl (C=O) groups is 1. The monoisotopic (exact) mass is 497 g/mol. The Hall–Kier alpha value is -3.46. The third-order valence-electron chi connectivity index (χ3n) is 6.88. The summed E-state index contributed by atoms with van der Waals surface area (Å²) in [6, 6.07) is 2.79. The van der Waals surface area contributed by atoms with Gasteiger partial charge in [-0.15, -0.1) is 0 Å². The second kappa shape index (κ2) is 9.30. The van der Waals surface area contributed by atoms with E-state index >= 15 is 0 Å². The predicted molar refractivity (Wildman–Crippen MR) is 135 cm³/mol. The maximum atomic E-state index is 12.7. The molecule has 2 heterocycles. The van der Waals surface area contributed by atoms with Crippen molar-refractivity contribution in [1.82, 2.24) is 14.9 Å². The van der Waals surface area contributed by atoms with Gasteiger partial charge in [-0.3, -0.25) is 19.4 Å². The van der Waals surface area contributed by atoms with Crippen LogP contribution in [0.25, 0.3) is 0 Å². The number of nitrogens with zero attached hydrogens (tertiary/aromatic N) is 3. The molecule has 0 bridgehead atoms. The highest BCUT2D eigenvalue weighted by Gasteiger charge is 2.41. The molecule has 3 N–H and O–H groups in total. The van der Waals surface area contributed by atoms with Crippen molar-refractivity contribution in [2.75, 3.05) is 24.7 Å². The first-order valence-corrected chi connectivity index (χ1v) is 11.8. The van der Waals surface area contributed by atoms with E-state index in [1.54, 1.807) is 12.3 Å². The molecule has 10 heteroatoms. The molecule has 4 rings (SSSR count). The minimum atomic E-state index is -0.713. The first-order chi connectivity index (χ1) is 16.5. The molecule has 0 unspecified atom stereocenters. The highest BCUT2D eigenvalue weighted by molar-refractivity contribution is 6.31. The third-order valence-corrected chi connectivity index (χ3v) is 7.29. The quantitative estimate of drug-likeness (QED) is 0.419. The van der Waals surface area contributed by atoms with Crippen molar-refractivity contribution in [2.45, 2.75) is 45.6 Å². The SMILES string of the molecule is Cc1c(Cl)ccnc1[C@H](Nc1c(Nc2ccnc(C(=O)N(C)C)c2O)c(=O)c1=O)C1(C)CCCC1. The van der Waals surface area contributed by atoms with Gasteiger partial charge in [0.05, 0.1) is 17.4 Å². The van der Waals surface area contributed by atoms with Crippen LogP contribution in [0.15, 0.2) is 34.1 Å². The Balaban J connectivity index is 1.72. The molecule has 2 aromatic heterocycles. The molecule has 184 valence electrons. The van der Waals surface area contributed by atoms with Gasteiger partial charge in [-0.05, 0) is 42.9 Å². The van der Waals surface area contributed by atoms with E-state index in [4.69, 9.17) is 11.6 Å². The highest BCUT2D eigenvalue weighted by Crippen LogP contribution is 2.49. The highest BCUT2D eigenvalue weighted by atomic mass is 35.5. The number of carbonyl (C=O) groups excluding carboxylic acids is 1. The average Bonchev–Trinajstić information content (AvgIpc) is 3.28. The standard InChI is InChI=1S/C25H28ClN5O4/c1-13-14(26)7-11-27-16(13)23(25(2)9-5-6-10-25)30-18-17(21(33)22(18)34)29-15-8-12-28-19(20(15)32)24(35)31(3)4/h7-8,11-12,23,30,32H,5-6,9-10H2,1-4H3,(H,28,29)/t23-/m0/s1. The van der Waals surface area contributed by atoms with E-state index in [1.165, 1.54) is 31.3 Å². The van der Waals surface area contributed by atoms with Crippen LogP contribution >= 0.6 is 11.6 Å². The first kappa shape index (κ1) is 24.7. The van der Waals surface area contributed by atoms with Crippen molar-refractivity contribution in [1.29, 1.82) is 0 Å². The van der Waals surface area contributed by atoms with Crippen LogP contribution in [0.2, 0.25) is 5.02 Å². The van der Waals surface area contributed by atoms with E-state index in [0.717, 1.165) is 36.9 Å². The minimum Gasteiger partial charge on any atom is -0.504 e. The molecule has 0 saturated heterocycles. The fraction of sp³-hybridized carbons (Fsp3) is 0.400. The normalized spacial score (nSPS) is 15.7. The molecule has 3 aromatic rings. The zero-order valence-corrected chi connectivity index (χ0v) is 20.9. The van der Waals surface area contributed by atoms with Gasteiger partial charge in [0, 0.05) is 31.5 Å². The summed E-state index contributed by atoms with van der Waals surface area (Å²) in [5, 5.41) is 17.3. The summed E-state index contributed by atoms with van der Waals surface area (Å²) in [7, 11) is 3.08.